The molecule has 0 saturated heterocycles. The number of nitrogens with one attached hydrogen (secondary N) is 1. The number of rotatable bonds is 2. The van der Waals surface area contributed by atoms with Crippen molar-refractivity contribution in [3.63, 3.8) is 0 Å². The second-order valence-electron chi connectivity index (χ2n) is 6.08. The molecule has 0 spiro atoms. The highest BCUT2D eigenvalue weighted by Gasteiger charge is 2.41. The van der Waals surface area contributed by atoms with E-state index in [1.54, 1.807) is 11.8 Å². The van der Waals surface area contributed by atoms with Crippen molar-refractivity contribution in [1.82, 2.24) is 4.90 Å². The summed E-state index contributed by atoms with van der Waals surface area (Å²) in [6.45, 7) is 1.53. The number of carbonyl (C=O) groups is 1. The van der Waals surface area contributed by atoms with Crippen LogP contribution in [0, 0.1) is 0 Å². The Kier molecular flexibility index (Phi) is 3.45. The average Bonchev–Trinajstić information content (AvgIpc) is 3.06. The highest BCUT2D eigenvalue weighted by atomic mass is 32.2. The van der Waals surface area contributed by atoms with E-state index in [1.165, 1.54) is 43.9 Å². The molecule has 0 unspecified atom stereocenters. The molecule has 1 fully saturated rings. The highest BCUT2D eigenvalue weighted by Crippen LogP contribution is 2.44. The molecular formula is C17H19N3OS. The number of nitrogens with zero attached hydrogens (tertiary/aromatic N) is 2. The third-order valence-electron chi connectivity index (χ3n) is 4.54. The van der Waals surface area contributed by atoms with E-state index in [0.717, 1.165) is 10.9 Å². The minimum Gasteiger partial charge on any atom is -0.326 e. The number of amides is 1. The number of thioether (sulfide) groups is 1. The van der Waals surface area contributed by atoms with Crippen LogP contribution in [0.2, 0.25) is 0 Å². The molecule has 114 valence electrons. The summed E-state index contributed by atoms with van der Waals surface area (Å²) in [6.07, 6.45) is 5.07. The zero-order valence-corrected chi connectivity index (χ0v) is 13.4. The van der Waals surface area contributed by atoms with E-state index >= 15 is 0 Å². The van der Waals surface area contributed by atoms with Gasteiger partial charge >= 0.3 is 0 Å². The van der Waals surface area contributed by atoms with Crippen LogP contribution < -0.4 is 5.32 Å². The highest BCUT2D eigenvalue weighted by molar-refractivity contribution is 8.16. The Bertz CT molecular complexity index is 665. The Balaban J connectivity index is 1.58. The maximum Gasteiger partial charge on any atom is 0.221 e. The van der Waals surface area contributed by atoms with Crippen LogP contribution in [-0.4, -0.2) is 28.1 Å². The zero-order valence-electron chi connectivity index (χ0n) is 12.6. The zero-order chi connectivity index (χ0) is 15.1. The number of fused-ring (bicyclic) bond motifs is 3. The Hall–Kier alpha value is -1.75. The molecule has 1 amide bonds. The Labute approximate surface area is 134 Å². The van der Waals surface area contributed by atoms with Gasteiger partial charge in [0.1, 0.15) is 0 Å². The van der Waals surface area contributed by atoms with Gasteiger partial charge in [0.25, 0.3) is 0 Å². The quantitative estimate of drug-likeness (QED) is 0.906. The molecule has 4 nitrogen and oxygen atoms in total. The van der Waals surface area contributed by atoms with E-state index in [0.29, 0.717) is 12.1 Å². The first-order valence-corrected chi connectivity index (χ1v) is 8.72. The summed E-state index contributed by atoms with van der Waals surface area (Å²) < 4.78 is 0. The monoisotopic (exact) mass is 313 g/mol. The number of hydrogen-bond acceptors (Lipinski definition) is 4. The molecule has 0 radical (unpaired) electrons. The van der Waals surface area contributed by atoms with E-state index in [9.17, 15) is 4.79 Å². The Morgan fingerprint density at radius 3 is 2.82 bits per heavy atom. The van der Waals surface area contributed by atoms with E-state index < -0.39 is 0 Å². The van der Waals surface area contributed by atoms with E-state index in [-0.39, 0.29) is 5.91 Å². The normalized spacial score (nSPS) is 26.1. The van der Waals surface area contributed by atoms with E-state index in [4.69, 9.17) is 4.99 Å². The summed E-state index contributed by atoms with van der Waals surface area (Å²) in [4.78, 5) is 18.4. The molecule has 2 aliphatic heterocycles. The lowest BCUT2D eigenvalue weighted by molar-refractivity contribution is -0.114. The smallest absolute Gasteiger partial charge is 0.221 e. The van der Waals surface area contributed by atoms with Gasteiger partial charge in [-0.1, -0.05) is 36.7 Å². The second kappa shape index (κ2) is 5.47. The summed E-state index contributed by atoms with van der Waals surface area (Å²) in [5.74, 6) is -0.0394. The van der Waals surface area contributed by atoms with Crippen molar-refractivity contribution in [3.05, 3.63) is 35.2 Å². The summed E-state index contributed by atoms with van der Waals surface area (Å²) in [5, 5.41) is 6.18. The predicted molar refractivity (Wildman–Crippen MR) is 91.6 cm³/mol. The van der Waals surface area contributed by atoms with Crippen molar-refractivity contribution in [2.75, 3.05) is 5.32 Å². The molecule has 4 rings (SSSR count). The first kappa shape index (κ1) is 13.9. The van der Waals surface area contributed by atoms with Crippen LogP contribution in [-0.2, 0) is 4.79 Å². The molecule has 22 heavy (non-hydrogen) atoms. The van der Waals surface area contributed by atoms with E-state index in [2.05, 4.69) is 27.8 Å². The van der Waals surface area contributed by atoms with Crippen LogP contribution >= 0.6 is 11.8 Å². The van der Waals surface area contributed by atoms with Gasteiger partial charge in [0.2, 0.25) is 5.91 Å². The molecule has 3 aliphatic rings. The van der Waals surface area contributed by atoms with Crippen molar-refractivity contribution in [2.24, 2.45) is 4.99 Å². The number of benzene rings is 1. The molecule has 0 aromatic heterocycles. The Morgan fingerprint density at radius 2 is 2.05 bits per heavy atom. The lowest BCUT2D eigenvalue weighted by Crippen LogP contribution is -2.38. The maximum absolute atomic E-state index is 11.1. The van der Waals surface area contributed by atoms with Gasteiger partial charge in [0, 0.05) is 18.0 Å². The minimum atomic E-state index is -0.0394. The third kappa shape index (κ3) is 2.33. The maximum atomic E-state index is 11.1. The van der Waals surface area contributed by atoms with Crippen LogP contribution in [0.15, 0.2) is 34.7 Å². The molecule has 1 saturated carbocycles. The van der Waals surface area contributed by atoms with Crippen LogP contribution in [0.1, 0.15) is 38.2 Å². The van der Waals surface area contributed by atoms with Crippen molar-refractivity contribution >= 4 is 34.2 Å². The van der Waals surface area contributed by atoms with Crippen molar-refractivity contribution in [2.45, 2.75) is 44.7 Å². The largest absolute Gasteiger partial charge is 0.326 e. The fourth-order valence-electron chi connectivity index (χ4n) is 3.56. The van der Waals surface area contributed by atoms with Crippen LogP contribution in [0.25, 0.3) is 5.70 Å². The first-order chi connectivity index (χ1) is 10.7. The molecule has 1 aromatic carbocycles. The van der Waals surface area contributed by atoms with Gasteiger partial charge in [-0.2, -0.15) is 0 Å². The number of carbonyl (C=O) groups excluding carboxylic acids is 1. The lowest BCUT2D eigenvalue weighted by Gasteiger charge is -2.32. The van der Waals surface area contributed by atoms with Crippen LogP contribution in [0.4, 0.5) is 5.69 Å². The SMILES string of the molecule is CC(=O)Nc1ccc(C2=CSC3=N[C@@H]4CCCC[C@H]4N23)cc1. The molecule has 5 heteroatoms. The summed E-state index contributed by atoms with van der Waals surface area (Å²) in [6, 6.07) is 9.11. The molecule has 1 N–H and O–H groups in total. The van der Waals surface area contributed by atoms with Crippen molar-refractivity contribution in [3.8, 4) is 0 Å². The molecular weight excluding hydrogens is 294 g/mol. The summed E-state index contributed by atoms with van der Waals surface area (Å²) in [7, 11) is 0. The van der Waals surface area contributed by atoms with Gasteiger partial charge in [-0.25, -0.2) is 0 Å². The van der Waals surface area contributed by atoms with Gasteiger partial charge in [0.05, 0.1) is 17.8 Å². The van der Waals surface area contributed by atoms with Crippen LogP contribution in [0.5, 0.6) is 0 Å². The van der Waals surface area contributed by atoms with Crippen molar-refractivity contribution < 1.29 is 4.79 Å². The standard InChI is InChI=1S/C17H19N3OS/c1-11(21)18-13-8-6-12(7-9-13)16-10-22-17-19-14-4-2-3-5-15(14)20(16)17/h6-10,14-15H,2-5H2,1H3,(H,18,21)/t14-,15-/m1/s1. The van der Waals surface area contributed by atoms with Gasteiger partial charge in [-0.15, -0.1) is 0 Å². The molecule has 2 heterocycles. The fourth-order valence-corrected chi connectivity index (χ4v) is 4.57. The van der Waals surface area contributed by atoms with Gasteiger partial charge in [0.15, 0.2) is 5.17 Å². The van der Waals surface area contributed by atoms with Crippen molar-refractivity contribution in [1.29, 1.82) is 0 Å². The number of anilines is 1. The number of amidine groups is 1. The third-order valence-corrected chi connectivity index (χ3v) is 5.40. The topological polar surface area (TPSA) is 44.7 Å². The lowest BCUT2D eigenvalue weighted by atomic mass is 9.90. The van der Waals surface area contributed by atoms with E-state index in [1.807, 2.05) is 12.1 Å². The van der Waals surface area contributed by atoms with Gasteiger partial charge in [-0.3, -0.25) is 9.79 Å². The summed E-state index contributed by atoms with van der Waals surface area (Å²) >= 11 is 1.74. The predicted octanol–water partition coefficient (Wildman–Crippen LogP) is 3.67. The molecule has 0 bridgehead atoms. The molecule has 1 aliphatic carbocycles. The minimum absolute atomic E-state index is 0.0394. The molecule has 2 atom stereocenters. The second-order valence-corrected chi connectivity index (χ2v) is 6.92. The first-order valence-electron chi connectivity index (χ1n) is 7.84. The molecule has 1 aromatic rings. The number of aliphatic imine (C=N–C) groups is 1. The summed E-state index contributed by atoms with van der Waals surface area (Å²) in [5.41, 5.74) is 3.29. The average molecular weight is 313 g/mol. The number of hydrogen-bond donors (Lipinski definition) is 1. The fraction of sp³-hybridized carbons (Fsp3) is 0.412. The van der Waals surface area contributed by atoms with Gasteiger partial charge < -0.3 is 10.2 Å². The van der Waals surface area contributed by atoms with Crippen LogP contribution in [0.3, 0.4) is 0 Å². The Morgan fingerprint density at radius 1 is 1.27 bits per heavy atom. The van der Waals surface area contributed by atoms with Gasteiger partial charge in [-0.05, 0) is 30.5 Å².